The average molecular weight is 298 g/mol. The van der Waals surface area contributed by atoms with E-state index in [4.69, 9.17) is 17.0 Å². The third kappa shape index (κ3) is 2.24. The summed E-state index contributed by atoms with van der Waals surface area (Å²) in [6, 6.07) is 12.9. The maximum Gasteiger partial charge on any atom is 0.114 e. The number of hydrogen-bond acceptors (Lipinski definition) is 3. The minimum atomic E-state index is 0.847. The second-order valence-corrected chi connectivity index (χ2v) is 5.98. The molecule has 0 atom stereocenters. The summed E-state index contributed by atoms with van der Waals surface area (Å²) in [7, 11) is 0. The van der Waals surface area contributed by atoms with Gasteiger partial charge in [-0.3, -0.25) is 4.90 Å². The Labute approximate surface area is 130 Å². The molecule has 3 nitrogen and oxygen atoms in total. The van der Waals surface area contributed by atoms with Crippen LogP contribution < -0.4 is 4.90 Å². The molecule has 0 saturated carbocycles. The highest BCUT2D eigenvalue weighted by Gasteiger charge is 2.26. The zero-order valence-corrected chi connectivity index (χ0v) is 12.7. The van der Waals surface area contributed by atoms with E-state index in [1.807, 2.05) is 0 Å². The minimum Gasteiger partial charge on any atom is -0.379 e. The summed E-state index contributed by atoms with van der Waals surface area (Å²) >= 11 is 5.71. The van der Waals surface area contributed by atoms with Crippen molar-refractivity contribution in [3.63, 3.8) is 0 Å². The highest BCUT2D eigenvalue weighted by atomic mass is 32.1. The third-order valence-electron chi connectivity index (χ3n) is 4.39. The van der Waals surface area contributed by atoms with Crippen LogP contribution in [-0.2, 0) is 4.74 Å². The fourth-order valence-corrected chi connectivity index (χ4v) is 3.63. The number of thiocarbonyl (C=S) groups is 1. The molecule has 108 valence electrons. The molecule has 4 heteroatoms. The van der Waals surface area contributed by atoms with Crippen LogP contribution in [0.4, 0.5) is 5.69 Å². The van der Waals surface area contributed by atoms with Crippen LogP contribution in [0.25, 0.3) is 10.8 Å². The fraction of sp³-hybridized carbons (Fsp3) is 0.353. The van der Waals surface area contributed by atoms with Crippen LogP contribution in [0.2, 0.25) is 0 Å². The molecule has 0 amide bonds. The van der Waals surface area contributed by atoms with E-state index in [1.165, 1.54) is 22.0 Å². The predicted octanol–water partition coefficient (Wildman–Crippen LogP) is 2.67. The Morgan fingerprint density at radius 1 is 1.00 bits per heavy atom. The summed E-state index contributed by atoms with van der Waals surface area (Å²) in [6.07, 6.45) is 0. The molecule has 0 aliphatic carbocycles. The van der Waals surface area contributed by atoms with Gasteiger partial charge in [-0.15, -0.1) is 0 Å². The first-order chi connectivity index (χ1) is 10.3. The molecule has 21 heavy (non-hydrogen) atoms. The molecule has 4 rings (SSSR count). The van der Waals surface area contributed by atoms with E-state index in [1.54, 1.807) is 0 Å². The van der Waals surface area contributed by atoms with Gasteiger partial charge in [0, 0.05) is 37.1 Å². The Kier molecular flexibility index (Phi) is 3.37. The number of hydrogen-bond donors (Lipinski definition) is 0. The van der Waals surface area contributed by atoms with Gasteiger partial charge in [0.1, 0.15) is 4.99 Å². The van der Waals surface area contributed by atoms with Gasteiger partial charge in [-0.2, -0.15) is 0 Å². The fourth-order valence-electron chi connectivity index (χ4n) is 3.27. The van der Waals surface area contributed by atoms with E-state index in [2.05, 4.69) is 46.2 Å². The van der Waals surface area contributed by atoms with Crippen LogP contribution in [0.5, 0.6) is 0 Å². The number of ether oxygens (including phenoxy) is 1. The normalized spacial score (nSPS) is 18.7. The smallest absolute Gasteiger partial charge is 0.114 e. The Morgan fingerprint density at radius 2 is 1.76 bits per heavy atom. The second-order valence-electron chi connectivity index (χ2n) is 5.59. The van der Waals surface area contributed by atoms with Crippen LogP contribution in [-0.4, -0.2) is 49.3 Å². The van der Waals surface area contributed by atoms with Crippen molar-refractivity contribution in [1.82, 2.24) is 4.90 Å². The zero-order chi connectivity index (χ0) is 14.2. The van der Waals surface area contributed by atoms with Crippen LogP contribution in [0, 0.1) is 0 Å². The van der Waals surface area contributed by atoms with Gasteiger partial charge >= 0.3 is 0 Å². The summed E-state index contributed by atoms with van der Waals surface area (Å²) in [5.74, 6) is 0. The largest absolute Gasteiger partial charge is 0.379 e. The van der Waals surface area contributed by atoms with Crippen LogP contribution >= 0.6 is 12.2 Å². The van der Waals surface area contributed by atoms with E-state index in [0.29, 0.717) is 0 Å². The molecule has 2 aliphatic heterocycles. The monoisotopic (exact) mass is 298 g/mol. The predicted molar refractivity (Wildman–Crippen MR) is 90.3 cm³/mol. The molecule has 0 N–H and O–H groups in total. The van der Waals surface area contributed by atoms with E-state index >= 15 is 0 Å². The average Bonchev–Trinajstić information content (AvgIpc) is 2.81. The SMILES string of the molecule is S=C1c2cccc3cccc(c23)N1CCN1CCOCC1. The van der Waals surface area contributed by atoms with Gasteiger partial charge in [0.05, 0.1) is 18.9 Å². The number of rotatable bonds is 3. The third-order valence-corrected chi connectivity index (χ3v) is 4.83. The lowest BCUT2D eigenvalue weighted by molar-refractivity contribution is 0.0395. The maximum atomic E-state index is 5.71. The van der Waals surface area contributed by atoms with Gasteiger partial charge < -0.3 is 9.64 Å². The minimum absolute atomic E-state index is 0.847. The highest BCUT2D eigenvalue weighted by molar-refractivity contribution is 7.81. The molecular weight excluding hydrogens is 280 g/mol. The number of anilines is 1. The van der Waals surface area contributed by atoms with Crippen molar-refractivity contribution in [1.29, 1.82) is 0 Å². The standard InChI is InChI=1S/C17H18N2OS/c21-17-14-5-1-3-13-4-2-6-15(16(13)14)19(17)8-7-18-9-11-20-12-10-18/h1-6H,7-12H2. The first-order valence-electron chi connectivity index (χ1n) is 7.48. The first-order valence-corrected chi connectivity index (χ1v) is 7.89. The van der Waals surface area contributed by atoms with Crippen LogP contribution in [0.3, 0.4) is 0 Å². The van der Waals surface area contributed by atoms with Crippen molar-refractivity contribution >= 4 is 33.7 Å². The summed E-state index contributed by atoms with van der Waals surface area (Å²) in [4.78, 5) is 5.72. The van der Waals surface area contributed by atoms with Crippen molar-refractivity contribution in [2.75, 3.05) is 44.3 Å². The second kappa shape index (κ2) is 5.37. The van der Waals surface area contributed by atoms with Crippen LogP contribution in [0.1, 0.15) is 5.56 Å². The molecule has 1 saturated heterocycles. The summed E-state index contributed by atoms with van der Waals surface area (Å²) in [5, 5.41) is 2.59. The molecule has 2 aliphatic rings. The van der Waals surface area contributed by atoms with Gasteiger partial charge in [-0.25, -0.2) is 0 Å². The molecule has 2 aromatic carbocycles. The van der Waals surface area contributed by atoms with E-state index in [0.717, 1.165) is 44.4 Å². The topological polar surface area (TPSA) is 15.7 Å². The van der Waals surface area contributed by atoms with Crippen molar-refractivity contribution < 1.29 is 4.74 Å². The molecule has 0 unspecified atom stereocenters. The van der Waals surface area contributed by atoms with E-state index in [9.17, 15) is 0 Å². The highest BCUT2D eigenvalue weighted by Crippen LogP contribution is 2.37. The maximum absolute atomic E-state index is 5.71. The molecule has 2 heterocycles. The summed E-state index contributed by atoms with van der Waals surface area (Å²) < 4.78 is 5.41. The Balaban J connectivity index is 1.60. The summed E-state index contributed by atoms with van der Waals surface area (Å²) in [5.41, 5.74) is 2.47. The van der Waals surface area contributed by atoms with Crippen molar-refractivity contribution in [2.24, 2.45) is 0 Å². The van der Waals surface area contributed by atoms with Gasteiger partial charge in [0.15, 0.2) is 0 Å². The Hall–Kier alpha value is -1.49. The molecular formula is C17H18N2OS. The lowest BCUT2D eigenvalue weighted by Crippen LogP contribution is -2.42. The van der Waals surface area contributed by atoms with Crippen LogP contribution in [0.15, 0.2) is 36.4 Å². The quantitative estimate of drug-likeness (QED) is 0.809. The van der Waals surface area contributed by atoms with Crippen molar-refractivity contribution in [3.05, 3.63) is 42.0 Å². The van der Waals surface area contributed by atoms with Gasteiger partial charge in [-0.1, -0.05) is 42.5 Å². The molecule has 2 aromatic rings. The number of morpholine rings is 1. The molecule has 0 radical (unpaired) electrons. The molecule has 0 spiro atoms. The first kappa shape index (κ1) is 13.2. The number of benzene rings is 2. The molecule has 1 fully saturated rings. The lowest BCUT2D eigenvalue weighted by Gasteiger charge is -2.29. The zero-order valence-electron chi connectivity index (χ0n) is 11.9. The van der Waals surface area contributed by atoms with E-state index < -0.39 is 0 Å². The van der Waals surface area contributed by atoms with Gasteiger partial charge in [0.25, 0.3) is 0 Å². The Bertz CT molecular complexity index is 689. The van der Waals surface area contributed by atoms with Crippen molar-refractivity contribution in [3.8, 4) is 0 Å². The van der Waals surface area contributed by atoms with Crippen molar-refractivity contribution in [2.45, 2.75) is 0 Å². The Morgan fingerprint density at radius 3 is 2.57 bits per heavy atom. The molecule has 0 bridgehead atoms. The summed E-state index contributed by atoms with van der Waals surface area (Å²) in [6.45, 7) is 5.73. The van der Waals surface area contributed by atoms with Gasteiger partial charge in [0.2, 0.25) is 0 Å². The number of nitrogens with zero attached hydrogens (tertiary/aromatic N) is 2. The van der Waals surface area contributed by atoms with E-state index in [-0.39, 0.29) is 0 Å². The van der Waals surface area contributed by atoms with Gasteiger partial charge in [-0.05, 0) is 11.5 Å². The molecule has 0 aromatic heterocycles. The lowest BCUT2D eigenvalue weighted by atomic mass is 10.1.